The first-order valence-corrected chi connectivity index (χ1v) is 5.81. The molecule has 1 aromatic rings. The van der Waals surface area contributed by atoms with Crippen molar-refractivity contribution < 1.29 is 0 Å². The molecule has 1 aromatic carbocycles. The van der Waals surface area contributed by atoms with E-state index < -0.39 is 0 Å². The Kier molecular flexibility index (Phi) is 5.99. The molecule has 0 spiro atoms. The lowest BCUT2D eigenvalue weighted by molar-refractivity contribution is 0.389. The molecular formula is C13H18ClN3. The molecule has 3 nitrogen and oxygen atoms in total. The summed E-state index contributed by atoms with van der Waals surface area (Å²) in [5, 5.41) is 15.6. The average molecular weight is 252 g/mol. The number of hydrogen-bond acceptors (Lipinski definition) is 3. The van der Waals surface area contributed by atoms with Crippen LogP contribution in [-0.4, -0.2) is 19.1 Å². The molecule has 17 heavy (non-hydrogen) atoms. The van der Waals surface area contributed by atoms with Gasteiger partial charge in [0.1, 0.15) is 0 Å². The van der Waals surface area contributed by atoms with Crippen LogP contribution >= 0.6 is 12.4 Å². The van der Waals surface area contributed by atoms with Gasteiger partial charge in [-0.05, 0) is 37.1 Å². The van der Waals surface area contributed by atoms with Crippen molar-refractivity contribution in [3.63, 3.8) is 0 Å². The van der Waals surface area contributed by atoms with Crippen LogP contribution in [-0.2, 0) is 6.54 Å². The summed E-state index contributed by atoms with van der Waals surface area (Å²) >= 11 is 0. The highest BCUT2D eigenvalue weighted by Crippen LogP contribution is 2.06. The molecule has 92 valence electrons. The second-order valence-corrected chi connectivity index (χ2v) is 4.23. The van der Waals surface area contributed by atoms with Crippen LogP contribution in [0.4, 0.5) is 0 Å². The van der Waals surface area contributed by atoms with Crippen LogP contribution in [0.25, 0.3) is 0 Å². The molecule has 1 atom stereocenters. The zero-order valence-electron chi connectivity index (χ0n) is 9.78. The standard InChI is InChI=1S/C13H17N3.ClH/c14-8-11-3-5-12(6-4-11)9-16-13-2-1-7-15-10-13;/h3-6,13,15-16H,1-2,7,9-10H2;1H. The van der Waals surface area contributed by atoms with E-state index in [2.05, 4.69) is 16.7 Å². The summed E-state index contributed by atoms with van der Waals surface area (Å²) in [5.74, 6) is 0. The highest BCUT2D eigenvalue weighted by molar-refractivity contribution is 5.85. The van der Waals surface area contributed by atoms with Crippen LogP contribution in [0.1, 0.15) is 24.0 Å². The SMILES string of the molecule is Cl.N#Cc1ccc(CNC2CCCNC2)cc1. The highest BCUT2D eigenvalue weighted by Gasteiger charge is 2.11. The minimum Gasteiger partial charge on any atom is -0.315 e. The summed E-state index contributed by atoms with van der Waals surface area (Å²) in [7, 11) is 0. The second-order valence-electron chi connectivity index (χ2n) is 4.23. The Bertz CT molecular complexity index is 363. The lowest BCUT2D eigenvalue weighted by Gasteiger charge is -2.23. The lowest BCUT2D eigenvalue weighted by atomic mass is 10.1. The topological polar surface area (TPSA) is 47.9 Å². The van der Waals surface area contributed by atoms with E-state index in [-0.39, 0.29) is 12.4 Å². The Hall–Kier alpha value is -1.08. The van der Waals surface area contributed by atoms with Gasteiger partial charge in [0.15, 0.2) is 0 Å². The molecule has 0 amide bonds. The van der Waals surface area contributed by atoms with Gasteiger partial charge in [-0.1, -0.05) is 12.1 Å². The lowest BCUT2D eigenvalue weighted by Crippen LogP contribution is -2.42. The van der Waals surface area contributed by atoms with Crippen molar-refractivity contribution in [2.45, 2.75) is 25.4 Å². The van der Waals surface area contributed by atoms with Crippen LogP contribution in [0.15, 0.2) is 24.3 Å². The molecule has 1 saturated heterocycles. The molecule has 1 unspecified atom stereocenters. The summed E-state index contributed by atoms with van der Waals surface area (Å²) < 4.78 is 0. The van der Waals surface area contributed by atoms with Crippen molar-refractivity contribution >= 4 is 12.4 Å². The van der Waals surface area contributed by atoms with E-state index in [4.69, 9.17) is 5.26 Å². The Morgan fingerprint density at radius 2 is 2.12 bits per heavy atom. The second kappa shape index (κ2) is 7.29. The fraction of sp³-hybridized carbons (Fsp3) is 0.462. The van der Waals surface area contributed by atoms with Gasteiger partial charge in [-0.2, -0.15) is 5.26 Å². The molecule has 1 aliphatic rings. The molecule has 0 bridgehead atoms. The number of nitriles is 1. The number of hydrogen-bond donors (Lipinski definition) is 2. The van der Waals surface area contributed by atoms with E-state index in [1.165, 1.54) is 18.4 Å². The number of nitrogens with one attached hydrogen (secondary N) is 2. The molecule has 2 rings (SSSR count). The van der Waals surface area contributed by atoms with E-state index in [0.29, 0.717) is 6.04 Å². The van der Waals surface area contributed by atoms with Crippen molar-refractivity contribution in [1.82, 2.24) is 10.6 Å². The minimum absolute atomic E-state index is 0. The third-order valence-corrected chi connectivity index (χ3v) is 2.97. The normalized spacial score (nSPS) is 19.1. The first kappa shape index (κ1) is 14.0. The quantitative estimate of drug-likeness (QED) is 0.862. The van der Waals surface area contributed by atoms with E-state index in [1.807, 2.05) is 24.3 Å². The number of nitrogens with zero attached hydrogens (tertiary/aromatic N) is 1. The van der Waals surface area contributed by atoms with Crippen molar-refractivity contribution in [1.29, 1.82) is 5.26 Å². The van der Waals surface area contributed by atoms with Gasteiger partial charge < -0.3 is 10.6 Å². The van der Waals surface area contributed by atoms with Gasteiger partial charge in [-0.15, -0.1) is 12.4 Å². The number of halogens is 1. The smallest absolute Gasteiger partial charge is 0.0991 e. The third-order valence-electron chi connectivity index (χ3n) is 2.97. The van der Waals surface area contributed by atoms with Gasteiger partial charge in [0.2, 0.25) is 0 Å². The van der Waals surface area contributed by atoms with Crippen LogP contribution in [0.2, 0.25) is 0 Å². The Morgan fingerprint density at radius 1 is 1.35 bits per heavy atom. The first-order valence-electron chi connectivity index (χ1n) is 5.81. The maximum absolute atomic E-state index is 8.69. The zero-order chi connectivity index (χ0) is 11.2. The van der Waals surface area contributed by atoms with Crippen LogP contribution in [0.5, 0.6) is 0 Å². The minimum atomic E-state index is 0. The van der Waals surface area contributed by atoms with Gasteiger partial charge in [0.05, 0.1) is 11.6 Å². The average Bonchev–Trinajstić information content (AvgIpc) is 2.38. The molecule has 2 N–H and O–H groups in total. The predicted octanol–water partition coefficient (Wildman–Crippen LogP) is 1.82. The molecule has 0 aromatic heterocycles. The summed E-state index contributed by atoms with van der Waals surface area (Å²) in [4.78, 5) is 0. The third kappa shape index (κ3) is 4.35. The molecule has 4 heteroatoms. The van der Waals surface area contributed by atoms with Crippen molar-refractivity contribution in [3.8, 4) is 6.07 Å². The maximum Gasteiger partial charge on any atom is 0.0991 e. The van der Waals surface area contributed by atoms with Crippen LogP contribution in [0, 0.1) is 11.3 Å². The molecule has 0 radical (unpaired) electrons. The predicted molar refractivity (Wildman–Crippen MR) is 71.1 cm³/mol. The Labute approximate surface area is 109 Å². The van der Waals surface area contributed by atoms with Gasteiger partial charge >= 0.3 is 0 Å². The monoisotopic (exact) mass is 251 g/mol. The van der Waals surface area contributed by atoms with E-state index in [0.717, 1.165) is 25.2 Å². The Balaban J connectivity index is 0.00000144. The molecule has 1 heterocycles. The van der Waals surface area contributed by atoms with Gasteiger partial charge in [0, 0.05) is 19.1 Å². The summed E-state index contributed by atoms with van der Waals surface area (Å²) in [6.45, 7) is 3.10. The van der Waals surface area contributed by atoms with Gasteiger partial charge in [-0.3, -0.25) is 0 Å². The fourth-order valence-corrected chi connectivity index (χ4v) is 1.99. The van der Waals surface area contributed by atoms with Crippen molar-refractivity contribution in [2.75, 3.05) is 13.1 Å². The van der Waals surface area contributed by atoms with Crippen LogP contribution in [0.3, 0.4) is 0 Å². The largest absolute Gasteiger partial charge is 0.315 e. The summed E-state index contributed by atoms with van der Waals surface area (Å²) in [5.41, 5.74) is 1.97. The van der Waals surface area contributed by atoms with Crippen molar-refractivity contribution in [3.05, 3.63) is 35.4 Å². The molecular weight excluding hydrogens is 234 g/mol. The summed E-state index contributed by atoms with van der Waals surface area (Å²) in [6.07, 6.45) is 2.51. The first-order chi connectivity index (χ1) is 7.88. The molecule has 0 aliphatic carbocycles. The maximum atomic E-state index is 8.69. The molecule has 1 fully saturated rings. The van der Waals surface area contributed by atoms with Gasteiger partial charge in [-0.25, -0.2) is 0 Å². The summed E-state index contributed by atoms with van der Waals surface area (Å²) in [6, 6.07) is 10.5. The number of rotatable bonds is 3. The van der Waals surface area contributed by atoms with E-state index >= 15 is 0 Å². The number of benzene rings is 1. The van der Waals surface area contributed by atoms with Crippen LogP contribution < -0.4 is 10.6 Å². The highest BCUT2D eigenvalue weighted by atomic mass is 35.5. The fourth-order valence-electron chi connectivity index (χ4n) is 1.99. The van der Waals surface area contributed by atoms with E-state index in [9.17, 15) is 0 Å². The number of piperidine rings is 1. The van der Waals surface area contributed by atoms with Gasteiger partial charge in [0.25, 0.3) is 0 Å². The zero-order valence-corrected chi connectivity index (χ0v) is 10.6. The van der Waals surface area contributed by atoms with Crippen molar-refractivity contribution in [2.24, 2.45) is 0 Å². The molecule has 0 saturated carbocycles. The van der Waals surface area contributed by atoms with E-state index in [1.54, 1.807) is 0 Å². The Morgan fingerprint density at radius 3 is 2.71 bits per heavy atom. The molecule has 1 aliphatic heterocycles.